The van der Waals surface area contributed by atoms with Gasteiger partial charge >= 0.3 is 5.69 Å². The minimum absolute atomic E-state index is 0.0735. The van der Waals surface area contributed by atoms with Gasteiger partial charge in [0.1, 0.15) is 0 Å². The lowest BCUT2D eigenvalue weighted by Gasteiger charge is -2.11. The first-order valence-corrected chi connectivity index (χ1v) is 7.96. The second-order valence-corrected chi connectivity index (χ2v) is 6.52. The minimum Gasteiger partial charge on any atom is -0.490 e. The number of nitro groups is 1. The lowest BCUT2D eigenvalue weighted by molar-refractivity contribution is -0.385. The van der Waals surface area contributed by atoms with E-state index in [1.807, 2.05) is 13.8 Å². The minimum atomic E-state index is -3.57. The Hall–Kier alpha value is -1.87. The fourth-order valence-electron chi connectivity index (χ4n) is 1.61. The molecule has 0 unspecified atom stereocenters. The van der Waals surface area contributed by atoms with E-state index in [0.717, 1.165) is 6.07 Å². The molecule has 0 aliphatic rings. The van der Waals surface area contributed by atoms with E-state index in [9.17, 15) is 18.5 Å². The van der Waals surface area contributed by atoms with E-state index in [2.05, 4.69) is 10.0 Å². The summed E-state index contributed by atoms with van der Waals surface area (Å²) in [6.07, 6.45) is 0. The van der Waals surface area contributed by atoms with Crippen molar-refractivity contribution >= 4 is 21.4 Å². The summed E-state index contributed by atoms with van der Waals surface area (Å²) in [5.74, 6) is -0.0465. The van der Waals surface area contributed by atoms with Crippen molar-refractivity contribution in [2.75, 3.05) is 24.1 Å². The molecule has 0 saturated carbocycles. The number of nitrogens with zero attached hydrogens (tertiary/aromatic N) is 1. The molecule has 9 heteroatoms. The molecule has 0 spiro atoms. The highest BCUT2D eigenvalue weighted by atomic mass is 32.2. The SMILES string of the molecule is COc1ccc(NS(=O)(=O)CCNC(C)C)cc1[N+](=O)[O-]. The maximum Gasteiger partial charge on any atom is 0.312 e. The molecule has 118 valence electrons. The number of anilines is 1. The third kappa shape index (κ3) is 5.56. The van der Waals surface area contributed by atoms with E-state index in [1.54, 1.807) is 0 Å². The van der Waals surface area contributed by atoms with Crippen LogP contribution in [0.15, 0.2) is 18.2 Å². The lowest BCUT2D eigenvalue weighted by Crippen LogP contribution is -2.30. The van der Waals surface area contributed by atoms with Crippen molar-refractivity contribution in [1.29, 1.82) is 0 Å². The molecule has 0 atom stereocenters. The number of benzene rings is 1. The van der Waals surface area contributed by atoms with Gasteiger partial charge < -0.3 is 10.1 Å². The summed E-state index contributed by atoms with van der Waals surface area (Å²) in [6, 6.07) is 4.08. The first-order chi connectivity index (χ1) is 9.75. The molecule has 1 rings (SSSR count). The maximum absolute atomic E-state index is 11.9. The molecule has 0 bridgehead atoms. The quantitative estimate of drug-likeness (QED) is 0.553. The van der Waals surface area contributed by atoms with E-state index in [-0.39, 0.29) is 28.9 Å². The standard InChI is InChI=1S/C12H19N3O5S/c1-9(2)13-6-7-21(18,19)14-10-4-5-12(20-3)11(8-10)15(16)17/h4-5,8-9,13-14H,6-7H2,1-3H3. The predicted octanol–water partition coefficient (Wildman–Crippen LogP) is 1.34. The number of ether oxygens (including phenoxy) is 1. The molecule has 0 radical (unpaired) electrons. The van der Waals surface area contributed by atoms with Crippen LogP contribution in [0.4, 0.5) is 11.4 Å². The lowest BCUT2D eigenvalue weighted by atomic mass is 10.2. The number of hydrogen-bond donors (Lipinski definition) is 2. The third-order valence-electron chi connectivity index (χ3n) is 2.57. The van der Waals surface area contributed by atoms with Crippen molar-refractivity contribution in [2.24, 2.45) is 0 Å². The molecule has 0 heterocycles. The van der Waals surface area contributed by atoms with Gasteiger partial charge in [0.2, 0.25) is 10.0 Å². The number of sulfonamides is 1. The molecule has 21 heavy (non-hydrogen) atoms. The highest BCUT2D eigenvalue weighted by Crippen LogP contribution is 2.29. The second kappa shape index (κ2) is 7.23. The fourth-order valence-corrected chi connectivity index (χ4v) is 2.58. The molecule has 0 aliphatic heterocycles. The van der Waals surface area contributed by atoms with Gasteiger partial charge in [-0.15, -0.1) is 0 Å². The average Bonchev–Trinajstić information content (AvgIpc) is 2.37. The smallest absolute Gasteiger partial charge is 0.312 e. The average molecular weight is 317 g/mol. The summed E-state index contributed by atoms with van der Waals surface area (Å²) < 4.78 is 30.9. The Morgan fingerprint density at radius 1 is 1.38 bits per heavy atom. The highest BCUT2D eigenvalue weighted by Gasteiger charge is 2.17. The number of nitrogens with one attached hydrogen (secondary N) is 2. The topological polar surface area (TPSA) is 111 Å². The summed E-state index contributed by atoms with van der Waals surface area (Å²) in [5, 5.41) is 13.9. The summed E-state index contributed by atoms with van der Waals surface area (Å²) >= 11 is 0. The Morgan fingerprint density at radius 2 is 2.05 bits per heavy atom. The first kappa shape index (κ1) is 17.2. The Balaban J connectivity index is 2.83. The number of rotatable bonds is 8. The van der Waals surface area contributed by atoms with E-state index < -0.39 is 14.9 Å². The molecule has 0 aliphatic carbocycles. The molecule has 1 aromatic rings. The van der Waals surface area contributed by atoms with E-state index in [1.165, 1.54) is 19.2 Å². The highest BCUT2D eigenvalue weighted by molar-refractivity contribution is 7.92. The van der Waals surface area contributed by atoms with Crippen LogP contribution in [-0.2, 0) is 10.0 Å². The zero-order valence-corrected chi connectivity index (χ0v) is 12.9. The van der Waals surface area contributed by atoms with Crippen molar-refractivity contribution < 1.29 is 18.1 Å². The van der Waals surface area contributed by atoms with Crippen molar-refractivity contribution in [3.63, 3.8) is 0 Å². The van der Waals surface area contributed by atoms with Crippen LogP contribution in [-0.4, -0.2) is 38.8 Å². The van der Waals surface area contributed by atoms with Crippen LogP contribution in [0.3, 0.4) is 0 Å². The molecule has 0 saturated heterocycles. The predicted molar refractivity (Wildman–Crippen MR) is 80.2 cm³/mol. The number of nitro benzene ring substituents is 1. The summed E-state index contributed by atoms with van der Waals surface area (Å²) in [6.45, 7) is 4.12. The van der Waals surface area contributed by atoms with Gasteiger partial charge in [0.15, 0.2) is 5.75 Å². The molecular weight excluding hydrogens is 298 g/mol. The van der Waals surface area contributed by atoms with E-state index in [0.29, 0.717) is 6.54 Å². The van der Waals surface area contributed by atoms with Crippen molar-refractivity contribution in [3.8, 4) is 5.75 Å². The van der Waals surface area contributed by atoms with Gasteiger partial charge in [-0.2, -0.15) is 0 Å². The van der Waals surface area contributed by atoms with Crippen LogP contribution in [0, 0.1) is 10.1 Å². The molecule has 1 aromatic carbocycles. The van der Waals surface area contributed by atoms with E-state index >= 15 is 0 Å². The third-order valence-corrected chi connectivity index (χ3v) is 3.86. The molecule has 0 fully saturated rings. The van der Waals surface area contributed by atoms with Gasteiger partial charge in [-0.25, -0.2) is 8.42 Å². The van der Waals surface area contributed by atoms with Crippen molar-refractivity contribution in [3.05, 3.63) is 28.3 Å². The van der Waals surface area contributed by atoms with Gasteiger partial charge in [0.05, 0.1) is 23.5 Å². The van der Waals surface area contributed by atoms with Crippen LogP contribution >= 0.6 is 0 Å². The summed E-state index contributed by atoms with van der Waals surface area (Å²) in [4.78, 5) is 10.3. The Bertz CT molecular complexity index is 601. The number of hydrogen-bond acceptors (Lipinski definition) is 6. The normalized spacial score (nSPS) is 11.4. The van der Waals surface area contributed by atoms with Crippen molar-refractivity contribution in [1.82, 2.24) is 5.32 Å². The van der Waals surface area contributed by atoms with Crippen LogP contribution in [0.1, 0.15) is 13.8 Å². The molecule has 0 aromatic heterocycles. The summed E-state index contributed by atoms with van der Waals surface area (Å²) in [7, 11) is -2.26. The zero-order valence-electron chi connectivity index (χ0n) is 12.1. The first-order valence-electron chi connectivity index (χ1n) is 6.31. The zero-order chi connectivity index (χ0) is 16.0. The maximum atomic E-state index is 11.9. The Labute approximate surface area is 123 Å². The van der Waals surface area contributed by atoms with Crippen LogP contribution in [0.25, 0.3) is 0 Å². The summed E-state index contributed by atoms with van der Waals surface area (Å²) in [5.41, 5.74) is -0.162. The van der Waals surface area contributed by atoms with Gasteiger partial charge in [-0.05, 0) is 12.1 Å². The number of methoxy groups -OCH3 is 1. The van der Waals surface area contributed by atoms with Gasteiger partial charge in [-0.3, -0.25) is 14.8 Å². The monoisotopic (exact) mass is 317 g/mol. The fraction of sp³-hybridized carbons (Fsp3) is 0.500. The Kier molecular flexibility index (Phi) is 5.91. The molecule has 0 amide bonds. The Morgan fingerprint density at radius 3 is 2.57 bits per heavy atom. The second-order valence-electron chi connectivity index (χ2n) is 4.67. The largest absolute Gasteiger partial charge is 0.490 e. The van der Waals surface area contributed by atoms with Crippen LogP contribution in [0.5, 0.6) is 5.75 Å². The van der Waals surface area contributed by atoms with Gasteiger partial charge in [0.25, 0.3) is 0 Å². The molecule has 2 N–H and O–H groups in total. The van der Waals surface area contributed by atoms with Gasteiger partial charge in [-0.1, -0.05) is 13.8 Å². The van der Waals surface area contributed by atoms with Crippen LogP contribution < -0.4 is 14.8 Å². The van der Waals surface area contributed by atoms with Crippen LogP contribution in [0.2, 0.25) is 0 Å². The van der Waals surface area contributed by atoms with Gasteiger partial charge in [0, 0.05) is 18.7 Å². The van der Waals surface area contributed by atoms with E-state index in [4.69, 9.17) is 4.74 Å². The van der Waals surface area contributed by atoms with Crippen molar-refractivity contribution in [2.45, 2.75) is 19.9 Å². The molecular formula is C12H19N3O5S. The molecule has 8 nitrogen and oxygen atoms in total.